The third kappa shape index (κ3) is 9.34. The highest BCUT2D eigenvalue weighted by Gasteiger charge is 2.42. The number of hydrogen-bond donors (Lipinski definition) is 2. The molecule has 3 rings (SSSR count). The molecule has 2 heterocycles. The fourth-order valence-electron chi connectivity index (χ4n) is 7.24. The van der Waals surface area contributed by atoms with Crippen LogP contribution in [0.3, 0.4) is 0 Å². The zero-order valence-corrected chi connectivity index (χ0v) is 25.7. The second-order valence-corrected chi connectivity index (χ2v) is 13.5. The molecule has 0 radical (unpaired) electrons. The van der Waals surface area contributed by atoms with Gasteiger partial charge >= 0.3 is 6.09 Å². The van der Waals surface area contributed by atoms with Gasteiger partial charge in [0.25, 0.3) is 0 Å². The van der Waals surface area contributed by atoms with E-state index in [1.54, 1.807) is 6.92 Å². The molecule has 3 aliphatic rings. The van der Waals surface area contributed by atoms with Gasteiger partial charge in [-0.05, 0) is 75.2 Å². The largest absolute Gasteiger partial charge is 0.448 e. The van der Waals surface area contributed by atoms with Crippen LogP contribution in [-0.2, 0) is 14.3 Å². The van der Waals surface area contributed by atoms with Crippen molar-refractivity contribution < 1.29 is 19.1 Å². The van der Waals surface area contributed by atoms with Crippen molar-refractivity contribution in [3.05, 3.63) is 0 Å². The van der Waals surface area contributed by atoms with E-state index in [9.17, 15) is 14.9 Å². The van der Waals surface area contributed by atoms with Gasteiger partial charge in [0.15, 0.2) is 0 Å². The number of carbonyl (C=O) groups excluding carboxylic acids is 2. The van der Waals surface area contributed by atoms with Gasteiger partial charge < -0.3 is 29.9 Å². The number of nitrogens with one attached hydrogen (secondary N) is 2. The molecule has 1 atom stereocenters. The van der Waals surface area contributed by atoms with Crippen molar-refractivity contribution in [1.82, 2.24) is 20.4 Å². The van der Waals surface area contributed by atoms with E-state index >= 15 is 0 Å². The van der Waals surface area contributed by atoms with Crippen LogP contribution >= 0.6 is 0 Å². The molecule has 40 heavy (non-hydrogen) atoms. The summed E-state index contributed by atoms with van der Waals surface area (Å²) in [4.78, 5) is 35.0. The van der Waals surface area contributed by atoms with E-state index in [0.717, 1.165) is 45.3 Å². The summed E-state index contributed by atoms with van der Waals surface area (Å²) in [5, 5.41) is 16.7. The number of guanidine groups is 1. The van der Waals surface area contributed by atoms with Crippen LogP contribution in [0.15, 0.2) is 4.99 Å². The van der Waals surface area contributed by atoms with Crippen LogP contribution in [0.5, 0.6) is 0 Å². The number of nitrogens with zero attached hydrogens (tertiary/aromatic N) is 4. The van der Waals surface area contributed by atoms with Crippen LogP contribution in [0.1, 0.15) is 86.5 Å². The van der Waals surface area contributed by atoms with Crippen molar-refractivity contribution in [2.45, 2.75) is 98.1 Å². The summed E-state index contributed by atoms with van der Waals surface area (Å²) in [6.07, 6.45) is 5.32. The maximum atomic E-state index is 14.1. The standard InChI is InChI=1S/C30H52N6O4/c1-7-11-35-12-9-30(22-31,10-13-35)34-25(37)24(18-23-19-28(3,4)21-29(5,6)20-23)32-26(33-27(38)40-8-2)36-14-16-39-17-15-36/h23-24H,7-21H2,1-6H3,(H,34,37)(H,32,33,38). The number of amides is 2. The number of morpholine rings is 1. The minimum absolute atomic E-state index is 0.166. The minimum Gasteiger partial charge on any atom is -0.448 e. The van der Waals surface area contributed by atoms with Crippen molar-refractivity contribution >= 4 is 18.0 Å². The van der Waals surface area contributed by atoms with Crippen LogP contribution in [0.2, 0.25) is 0 Å². The number of piperidine rings is 1. The van der Waals surface area contributed by atoms with E-state index in [-0.39, 0.29) is 23.3 Å². The fourth-order valence-corrected chi connectivity index (χ4v) is 7.24. The van der Waals surface area contributed by atoms with Crippen molar-refractivity contribution in [3.63, 3.8) is 0 Å². The molecule has 2 amide bonds. The van der Waals surface area contributed by atoms with Crippen molar-refractivity contribution in [2.24, 2.45) is 21.7 Å². The first kappa shape index (κ1) is 32.1. The Morgan fingerprint density at radius 3 is 2.25 bits per heavy atom. The third-order valence-electron chi connectivity index (χ3n) is 8.43. The number of likely N-dealkylation sites (tertiary alicyclic amines) is 1. The molecular weight excluding hydrogens is 508 g/mol. The average molecular weight is 561 g/mol. The first-order valence-corrected chi connectivity index (χ1v) is 15.2. The molecule has 10 nitrogen and oxygen atoms in total. The summed E-state index contributed by atoms with van der Waals surface area (Å²) in [7, 11) is 0. The van der Waals surface area contributed by atoms with Crippen molar-refractivity contribution in [2.75, 3.05) is 52.5 Å². The van der Waals surface area contributed by atoms with Crippen molar-refractivity contribution in [3.8, 4) is 6.07 Å². The van der Waals surface area contributed by atoms with Gasteiger partial charge in [0, 0.05) is 26.2 Å². The molecule has 0 aromatic carbocycles. The summed E-state index contributed by atoms with van der Waals surface area (Å²) in [5.74, 6) is 0.427. The smallest absolute Gasteiger partial charge is 0.436 e. The molecule has 226 valence electrons. The molecule has 0 aromatic heterocycles. The lowest BCUT2D eigenvalue weighted by Gasteiger charge is -2.46. The quantitative estimate of drug-likeness (QED) is 0.339. The molecule has 10 heteroatoms. The number of rotatable bonds is 8. The Kier molecular flexibility index (Phi) is 11.2. The van der Waals surface area contributed by atoms with Gasteiger partial charge in [-0.15, -0.1) is 4.99 Å². The van der Waals surface area contributed by atoms with Crippen LogP contribution < -0.4 is 10.6 Å². The Balaban J connectivity index is 1.86. The van der Waals surface area contributed by atoms with E-state index in [4.69, 9.17) is 9.47 Å². The van der Waals surface area contributed by atoms with Crippen molar-refractivity contribution in [1.29, 1.82) is 5.26 Å². The molecule has 1 unspecified atom stereocenters. The second-order valence-electron chi connectivity index (χ2n) is 13.5. The molecular formula is C30H52N6O4. The Morgan fingerprint density at radius 2 is 1.70 bits per heavy atom. The fraction of sp³-hybridized carbons (Fsp3) is 0.867. The lowest BCUT2D eigenvalue weighted by atomic mass is 9.60. The Labute approximate surface area is 241 Å². The van der Waals surface area contributed by atoms with E-state index in [1.807, 2.05) is 4.90 Å². The molecule has 0 bridgehead atoms. The number of nitriles is 1. The van der Waals surface area contributed by atoms with Crippen LogP contribution in [0.25, 0.3) is 0 Å². The van der Waals surface area contributed by atoms with Gasteiger partial charge in [0.1, 0.15) is 11.6 Å². The second kappa shape index (κ2) is 14.0. The molecule has 2 saturated heterocycles. The SMILES string of the molecule is CCCN1CCC(C#N)(NC(=O)C(CC2CC(C)(C)CC(C)(C)C2)N/C(=N\C(=O)OCC)N2CCOCC2)CC1. The van der Waals surface area contributed by atoms with Crippen LogP contribution in [0.4, 0.5) is 4.79 Å². The molecule has 1 saturated carbocycles. The molecule has 3 fully saturated rings. The van der Waals surface area contributed by atoms with Gasteiger partial charge in [0.2, 0.25) is 11.9 Å². The lowest BCUT2D eigenvalue weighted by Crippen LogP contribution is -2.61. The maximum absolute atomic E-state index is 14.1. The summed E-state index contributed by atoms with van der Waals surface area (Å²) >= 11 is 0. The van der Waals surface area contributed by atoms with Crippen LogP contribution in [-0.4, -0.2) is 91.9 Å². The Bertz CT molecular complexity index is 913. The molecule has 0 aromatic rings. The maximum Gasteiger partial charge on any atom is 0.436 e. The summed E-state index contributed by atoms with van der Waals surface area (Å²) < 4.78 is 10.6. The number of hydrogen-bond acceptors (Lipinski definition) is 6. The highest BCUT2D eigenvalue weighted by Crippen LogP contribution is 2.49. The van der Waals surface area contributed by atoms with Gasteiger partial charge in [-0.2, -0.15) is 5.26 Å². The number of aliphatic imine (C=N–C) groups is 1. The van der Waals surface area contributed by atoms with E-state index in [2.05, 4.69) is 61.2 Å². The average Bonchev–Trinajstić information content (AvgIpc) is 2.88. The zero-order valence-electron chi connectivity index (χ0n) is 25.7. The Morgan fingerprint density at radius 1 is 1.07 bits per heavy atom. The molecule has 2 aliphatic heterocycles. The molecule has 0 spiro atoms. The van der Waals surface area contributed by atoms with E-state index < -0.39 is 17.7 Å². The van der Waals surface area contributed by atoms with Gasteiger partial charge in [0.05, 0.1) is 25.9 Å². The molecule has 2 N–H and O–H groups in total. The molecule has 1 aliphatic carbocycles. The monoisotopic (exact) mass is 560 g/mol. The summed E-state index contributed by atoms with van der Waals surface area (Å²) in [6.45, 7) is 18.0. The highest BCUT2D eigenvalue weighted by atomic mass is 16.5. The van der Waals surface area contributed by atoms with Gasteiger partial charge in [-0.25, -0.2) is 4.79 Å². The Hall–Kier alpha value is -2.38. The van der Waals surface area contributed by atoms with Gasteiger partial charge in [-0.3, -0.25) is 4.79 Å². The highest BCUT2D eigenvalue weighted by molar-refractivity contribution is 5.94. The third-order valence-corrected chi connectivity index (χ3v) is 8.43. The van der Waals surface area contributed by atoms with E-state index in [0.29, 0.717) is 57.4 Å². The van der Waals surface area contributed by atoms with Crippen LogP contribution in [0, 0.1) is 28.1 Å². The zero-order chi connectivity index (χ0) is 29.4. The summed E-state index contributed by atoms with van der Waals surface area (Å²) in [6, 6.07) is 1.80. The normalized spacial score (nSPS) is 24.0. The predicted octanol–water partition coefficient (Wildman–Crippen LogP) is 3.92. The topological polar surface area (TPSA) is 119 Å². The first-order valence-electron chi connectivity index (χ1n) is 15.2. The lowest BCUT2D eigenvalue weighted by molar-refractivity contribution is -0.125. The number of ether oxygens (including phenoxy) is 2. The first-order chi connectivity index (χ1) is 18.9. The number of carbonyl (C=O) groups is 2. The van der Waals surface area contributed by atoms with Gasteiger partial charge in [-0.1, -0.05) is 34.6 Å². The van der Waals surface area contributed by atoms with E-state index in [1.165, 1.54) is 0 Å². The summed E-state index contributed by atoms with van der Waals surface area (Å²) in [5.41, 5.74) is -0.567. The minimum atomic E-state index is -0.899. The predicted molar refractivity (Wildman–Crippen MR) is 156 cm³/mol.